The minimum Gasteiger partial charge on any atom is -0.497 e. The van der Waals surface area contributed by atoms with E-state index in [2.05, 4.69) is 24.0 Å². The van der Waals surface area contributed by atoms with Crippen molar-refractivity contribution in [3.63, 3.8) is 0 Å². The fraction of sp³-hybridized carbons (Fsp3) is 0.533. The van der Waals surface area contributed by atoms with Crippen LogP contribution in [0.25, 0.3) is 0 Å². The summed E-state index contributed by atoms with van der Waals surface area (Å²) < 4.78 is 5.16. The molecular formula is C15H21NO3. The molecule has 1 fully saturated rings. The number of aliphatic carboxylic acids is 1. The third-order valence-electron chi connectivity index (χ3n) is 3.90. The maximum Gasteiger partial charge on any atom is 0.304 e. The minimum atomic E-state index is -0.722. The molecule has 4 heteroatoms. The van der Waals surface area contributed by atoms with E-state index in [-0.39, 0.29) is 6.42 Å². The first-order chi connectivity index (χ1) is 9.10. The lowest BCUT2D eigenvalue weighted by atomic mass is 9.97. The fourth-order valence-corrected chi connectivity index (χ4v) is 2.77. The molecule has 0 spiro atoms. The normalized spacial score (nSPS) is 23.5. The highest BCUT2D eigenvalue weighted by atomic mass is 16.5. The van der Waals surface area contributed by atoms with Crippen LogP contribution in [0.4, 0.5) is 0 Å². The highest BCUT2D eigenvalue weighted by Crippen LogP contribution is 2.32. The van der Waals surface area contributed by atoms with Crippen molar-refractivity contribution in [1.29, 1.82) is 0 Å². The first-order valence-corrected chi connectivity index (χ1v) is 6.70. The average Bonchev–Trinajstić information content (AvgIpc) is 2.78. The number of ether oxygens (including phenoxy) is 1. The summed E-state index contributed by atoms with van der Waals surface area (Å²) in [7, 11) is 1.67. The lowest BCUT2D eigenvalue weighted by molar-refractivity contribution is -0.137. The van der Waals surface area contributed by atoms with Crippen LogP contribution in [0.15, 0.2) is 24.3 Å². The van der Waals surface area contributed by atoms with Crippen LogP contribution < -0.4 is 4.74 Å². The van der Waals surface area contributed by atoms with Gasteiger partial charge in [0.1, 0.15) is 5.75 Å². The Labute approximate surface area is 114 Å². The standard InChI is InChI=1S/C15H21NO3/c1-11-9-13(10-16(11)8-7-15(17)18)12-3-5-14(19-2)6-4-12/h3-6,11,13H,7-10H2,1-2H3,(H,17,18). The number of hydrogen-bond donors (Lipinski definition) is 1. The molecule has 2 rings (SSSR count). The zero-order valence-electron chi connectivity index (χ0n) is 11.5. The molecule has 1 N–H and O–H groups in total. The third kappa shape index (κ3) is 3.47. The number of benzene rings is 1. The number of nitrogens with zero attached hydrogens (tertiary/aromatic N) is 1. The van der Waals surface area contributed by atoms with E-state index >= 15 is 0 Å². The van der Waals surface area contributed by atoms with Gasteiger partial charge in [0, 0.05) is 19.1 Å². The second kappa shape index (κ2) is 6.06. The largest absolute Gasteiger partial charge is 0.497 e. The molecule has 1 aliphatic heterocycles. The predicted octanol–water partition coefficient (Wildman–Crippen LogP) is 2.35. The van der Waals surface area contributed by atoms with Crippen LogP contribution in [0.2, 0.25) is 0 Å². The molecule has 2 atom stereocenters. The molecule has 0 bridgehead atoms. The van der Waals surface area contributed by atoms with E-state index in [0.717, 1.165) is 18.7 Å². The van der Waals surface area contributed by atoms with Gasteiger partial charge in [-0.05, 0) is 37.0 Å². The molecule has 0 saturated carbocycles. The van der Waals surface area contributed by atoms with Gasteiger partial charge in [0.25, 0.3) is 0 Å². The SMILES string of the molecule is COc1ccc(C2CC(C)N(CCC(=O)O)C2)cc1. The summed E-state index contributed by atoms with van der Waals surface area (Å²) in [4.78, 5) is 12.9. The van der Waals surface area contributed by atoms with Crippen molar-refractivity contribution < 1.29 is 14.6 Å². The number of carboxylic acid groups (broad SMARTS) is 1. The van der Waals surface area contributed by atoms with Crippen molar-refractivity contribution in [2.75, 3.05) is 20.2 Å². The maximum atomic E-state index is 10.6. The molecule has 0 aliphatic carbocycles. The molecule has 0 radical (unpaired) electrons. The molecule has 4 nitrogen and oxygen atoms in total. The molecule has 19 heavy (non-hydrogen) atoms. The van der Waals surface area contributed by atoms with Crippen molar-refractivity contribution >= 4 is 5.97 Å². The molecule has 104 valence electrons. The van der Waals surface area contributed by atoms with Crippen molar-refractivity contribution in [3.8, 4) is 5.75 Å². The third-order valence-corrected chi connectivity index (χ3v) is 3.90. The Bertz CT molecular complexity index is 430. The van der Waals surface area contributed by atoms with E-state index in [1.165, 1.54) is 5.56 Å². The molecule has 1 aromatic rings. The number of carboxylic acids is 1. The van der Waals surface area contributed by atoms with Crippen molar-refractivity contribution in [2.45, 2.75) is 31.7 Å². The molecule has 0 aromatic heterocycles. The maximum absolute atomic E-state index is 10.6. The van der Waals surface area contributed by atoms with Crippen molar-refractivity contribution in [3.05, 3.63) is 29.8 Å². The Morgan fingerprint density at radius 2 is 2.11 bits per heavy atom. The van der Waals surface area contributed by atoms with Crippen LogP contribution in [-0.2, 0) is 4.79 Å². The van der Waals surface area contributed by atoms with Crippen LogP contribution >= 0.6 is 0 Å². The van der Waals surface area contributed by atoms with Gasteiger partial charge in [0.05, 0.1) is 13.5 Å². The molecule has 1 heterocycles. The number of rotatable bonds is 5. The van der Waals surface area contributed by atoms with Crippen LogP contribution in [-0.4, -0.2) is 42.2 Å². The second-order valence-corrected chi connectivity index (χ2v) is 5.19. The Kier molecular flexibility index (Phi) is 4.43. The predicted molar refractivity (Wildman–Crippen MR) is 73.6 cm³/mol. The zero-order valence-corrected chi connectivity index (χ0v) is 11.5. The Balaban J connectivity index is 1.97. The lowest BCUT2D eigenvalue weighted by Crippen LogP contribution is -2.29. The summed E-state index contributed by atoms with van der Waals surface area (Å²) in [5, 5.41) is 8.76. The topological polar surface area (TPSA) is 49.8 Å². The summed E-state index contributed by atoms with van der Waals surface area (Å²) in [6.07, 6.45) is 1.31. The monoisotopic (exact) mass is 263 g/mol. The summed E-state index contributed by atoms with van der Waals surface area (Å²) in [5.74, 6) is 0.646. The van der Waals surface area contributed by atoms with Crippen LogP contribution in [0.5, 0.6) is 5.75 Å². The first-order valence-electron chi connectivity index (χ1n) is 6.70. The zero-order chi connectivity index (χ0) is 13.8. The fourth-order valence-electron chi connectivity index (χ4n) is 2.77. The van der Waals surface area contributed by atoms with E-state index in [0.29, 0.717) is 18.5 Å². The van der Waals surface area contributed by atoms with E-state index in [9.17, 15) is 4.79 Å². The van der Waals surface area contributed by atoms with Gasteiger partial charge >= 0.3 is 5.97 Å². The Hall–Kier alpha value is -1.55. The number of methoxy groups -OCH3 is 1. The quantitative estimate of drug-likeness (QED) is 0.886. The van der Waals surface area contributed by atoms with E-state index < -0.39 is 5.97 Å². The van der Waals surface area contributed by atoms with Gasteiger partial charge in [0.2, 0.25) is 0 Å². The van der Waals surface area contributed by atoms with E-state index in [4.69, 9.17) is 9.84 Å². The van der Waals surface area contributed by atoms with Crippen molar-refractivity contribution in [2.24, 2.45) is 0 Å². The van der Waals surface area contributed by atoms with E-state index in [1.807, 2.05) is 12.1 Å². The lowest BCUT2D eigenvalue weighted by Gasteiger charge is -2.19. The number of hydrogen-bond acceptors (Lipinski definition) is 3. The summed E-state index contributed by atoms with van der Waals surface area (Å²) >= 11 is 0. The molecule has 1 saturated heterocycles. The summed E-state index contributed by atoms with van der Waals surface area (Å²) in [5.41, 5.74) is 1.31. The van der Waals surface area contributed by atoms with Gasteiger partial charge in [-0.2, -0.15) is 0 Å². The van der Waals surface area contributed by atoms with Crippen LogP contribution in [0.1, 0.15) is 31.2 Å². The smallest absolute Gasteiger partial charge is 0.304 e. The molecular weight excluding hydrogens is 242 g/mol. The average molecular weight is 263 g/mol. The second-order valence-electron chi connectivity index (χ2n) is 5.19. The molecule has 1 aromatic carbocycles. The summed E-state index contributed by atoms with van der Waals surface area (Å²) in [6.45, 7) is 3.76. The van der Waals surface area contributed by atoms with Gasteiger partial charge in [-0.25, -0.2) is 0 Å². The van der Waals surface area contributed by atoms with Gasteiger partial charge < -0.3 is 9.84 Å². The highest BCUT2D eigenvalue weighted by molar-refractivity contribution is 5.66. The van der Waals surface area contributed by atoms with Gasteiger partial charge in [-0.1, -0.05) is 12.1 Å². The minimum absolute atomic E-state index is 0.222. The van der Waals surface area contributed by atoms with Gasteiger partial charge in [-0.3, -0.25) is 9.69 Å². The van der Waals surface area contributed by atoms with Gasteiger partial charge in [-0.15, -0.1) is 0 Å². The summed E-state index contributed by atoms with van der Waals surface area (Å²) in [6, 6.07) is 8.64. The van der Waals surface area contributed by atoms with Gasteiger partial charge in [0.15, 0.2) is 0 Å². The van der Waals surface area contributed by atoms with Crippen LogP contribution in [0, 0.1) is 0 Å². The highest BCUT2D eigenvalue weighted by Gasteiger charge is 2.29. The van der Waals surface area contributed by atoms with Crippen LogP contribution in [0.3, 0.4) is 0 Å². The first kappa shape index (κ1) is 13.9. The molecule has 1 aliphatic rings. The van der Waals surface area contributed by atoms with Crippen molar-refractivity contribution in [1.82, 2.24) is 4.90 Å². The Morgan fingerprint density at radius 3 is 2.68 bits per heavy atom. The number of likely N-dealkylation sites (tertiary alicyclic amines) is 1. The Morgan fingerprint density at radius 1 is 1.42 bits per heavy atom. The molecule has 2 unspecified atom stereocenters. The molecule has 0 amide bonds. The van der Waals surface area contributed by atoms with E-state index in [1.54, 1.807) is 7.11 Å². The number of carbonyl (C=O) groups is 1.